The van der Waals surface area contributed by atoms with Crippen molar-refractivity contribution >= 4 is 17.2 Å². The van der Waals surface area contributed by atoms with Crippen molar-refractivity contribution in [3.05, 3.63) is 46.2 Å². The van der Waals surface area contributed by atoms with Crippen molar-refractivity contribution in [2.24, 2.45) is 0 Å². The smallest absolute Gasteiger partial charge is 0.223 e. The van der Waals surface area contributed by atoms with Gasteiger partial charge in [-0.05, 0) is 47.0 Å². The maximum Gasteiger partial charge on any atom is 0.223 e. The minimum atomic E-state index is 0.137. The first-order valence-electron chi connectivity index (χ1n) is 9.40. The number of hydrogen-bond acceptors (Lipinski definition) is 5. The number of thiophene rings is 1. The molecule has 0 radical (unpaired) electrons. The van der Waals surface area contributed by atoms with Crippen LogP contribution in [0.15, 0.2) is 35.0 Å². The summed E-state index contributed by atoms with van der Waals surface area (Å²) in [4.78, 5) is 16.7. The van der Waals surface area contributed by atoms with Gasteiger partial charge in [-0.3, -0.25) is 9.69 Å². The zero-order valence-electron chi connectivity index (χ0n) is 16.3. The molecule has 1 aliphatic rings. The van der Waals surface area contributed by atoms with Gasteiger partial charge in [0.25, 0.3) is 0 Å². The van der Waals surface area contributed by atoms with Gasteiger partial charge in [0, 0.05) is 45.2 Å². The highest BCUT2D eigenvalue weighted by molar-refractivity contribution is 7.07. The molecule has 1 atom stereocenters. The topological polar surface area (TPSA) is 42.0 Å². The lowest BCUT2D eigenvalue weighted by molar-refractivity contribution is -0.130. The minimum absolute atomic E-state index is 0.137. The molecule has 3 rings (SSSR count). The van der Waals surface area contributed by atoms with Gasteiger partial charge in [0.15, 0.2) is 0 Å². The number of methoxy groups -OCH3 is 1. The lowest BCUT2D eigenvalue weighted by Gasteiger charge is -2.24. The molecule has 0 saturated heterocycles. The second-order valence-electron chi connectivity index (χ2n) is 6.99. The van der Waals surface area contributed by atoms with Gasteiger partial charge in [0.1, 0.15) is 17.6 Å². The highest BCUT2D eigenvalue weighted by atomic mass is 32.1. The summed E-state index contributed by atoms with van der Waals surface area (Å²) in [7, 11) is 3.55. The lowest BCUT2D eigenvalue weighted by Crippen LogP contribution is -2.36. The zero-order valence-corrected chi connectivity index (χ0v) is 17.1. The maximum atomic E-state index is 12.5. The summed E-state index contributed by atoms with van der Waals surface area (Å²) in [6.07, 6.45) is 1.59. The van der Waals surface area contributed by atoms with Crippen LogP contribution in [-0.2, 0) is 17.9 Å². The van der Waals surface area contributed by atoms with Crippen molar-refractivity contribution in [3.8, 4) is 11.5 Å². The standard InChI is InChI=1S/C21H28N2O3S/c1-4-18-14-23(13-17-11-19(25-3)5-6-20(17)26-18)9-7-21(24)22(2)12-16-8-10-27-15-16/h5-6,8,10-11,15,18H,4,7,9,12-14H2,1-3H3. The van der Waals surface area contributed by atoms with E-state index in [0.29, 0.717) is 13.0 Å². The van der Waals surface area contributed by atoms with Gasteiger partial charge in [0.2, 0.25) is 5.91 Å². The predicted octanol–water partition coefficient (Wildman–Crippen LogP) is 3.78. The SMILES string of the molecule is CCC1CN(CCC(=O)N(C)Cc2ccsc2)Cc2cc(OC)ccc2O1. The Balaban J connectivity index is 1.61. The Kier molecular flexibility index (Phi) is 6.74. The molecule has 0 aliphatic carbocycles. The second kappa shape index (κ2) is 9.24. The van der Waals surface area contributed by atoms with E-state index in [-0.39, 0.29) is 12.0 Å². The van der Waals surface area contributed by atoms with Crippen LogP contribution in [0.2, 0.25) is 0 Å². The number of benzene rings is 1. The van der Waals surface area contributed by atoms with E-state index in [1.165, 1.54) is 5.56 Å². The third-order valence-corrected chi connectivity index (χ3v) is 5.67. The summed E-state index contributed by atoms with van der Waals surface area (Å²) >= 11 is 1.66. The molecule has 1 amide bonds. The number of amides is 1. The molecular weight excluding hydrogens is 360 g/mol. The van der Waals surface area contributed by atoms with E-state index in [1.807, 2.05) is 35.5 Å². The number of ether oxygens (including phenoxy) is 2. The Bertz CT molecular complexity index is 748. The van der Waals surface area contributed by atoms with E-state index >= 15 is 0 Å². The molecule has 6 heteroatoms. The van der Waals surface area contributed by atoms with E-state index in [4.69, 9.17) is 9.47 Å². The predicted molar refractivity (Wildman–Crippen MR) is 108 cm³/mol. The summed E-state index contributed by atoms with van der Waals surface area (Å²) in [5.74, 6) is 1.93. The Morgan fingerprint density at radius 2 is 2.26 bits per heavy atom. The highest BCUT2D eigenvalue weighted by Gasteiger charge is 2.23. The molecule has 0 spiro atoms. The Labute approximate surface area is 165 Å². The molecule has 1 aromatic heterocycles. The van der Waals surface area contributed by atoms with E-state index in [0.717, 1.165) is 43.1 Å². The lowest BCUT2D eigenvalue weighted by atomic mass is 10.1. The normalized spacial score (nSPS) is 16.9. The van der Waals surface area contributed by atoms with Crippen LogP contribution in [0.5, 0.6) is 11.5 Å². The van der Waals surface area contributed by atoms with Crippen LogP contribution in [0.1, 0.15) is 30.9 Å². The van der Waals surface area contributed by atoms with Gasteiger partial charge in [-0.1, -0.05) is 6.92 Å². The molecule has 27 heavy (non-hydrogen) atoms. The van der Waals surface area contributed by atoms with Gasteiger partial charge >= 0.3 is 0 Å². The van der Waals surface area contributed by atoms with Gasteiger partial charge in [-0.2, -0.15) is 11.3 Å². The number of hydrogen-bond donors (Lipinski definition) is 0. The number of rotatable bonds is 7. The quantitative estimate of drug-likeness (QED) is 0.724. The second-order valence-corrected chi connectivity index (χ2v) is 7.77. The van der Waals surface area contributed by atoms with Crippen molar-refractivity contribution < 1.29 is 14.3 Å². The molecule has 1 aromatic carbocycles. The fourth-order valence-electron chi connectivity index (χ4n) is 3.30. The minimum Gasteiger partial charge on any atom is -0.497 e. The van der Waals surface area contributed by atoms with Gasteiger partial charge < -0.3 is 14.4 Å². The van der Waals surface area contributed by atoms with Crippen molar-refractivity contribution in [2.75, 3.05) is 27.2 Å². The first-order chi connectivity index (χ1) is 13.1. The molecule has 0 N–H and O–H groups in total. The molecule has 146 valence electrons. The third kappa shape index (κ3) is 5.23. The first kappa shape index (κ1) is 19.7. The van der Waals surface area contributed by atoms with Crippen LogP contribution >= 0.6 is 11.3 Å². The molecule has 0 bridgehead atoms. The van der Waals surface area contributed by atoms with Crippen LogP contribution in [0.4, 0.5) is 0 Å². The Morgan fingerprint density at radius 1 is 1.41 bits per heavy atom. The zero-order chi connectivity index (χ0) is 19.2. The van der Waals surface area contributed by atoms with Crippen LogP contribution in [0.25, 0.3) is 0 Å². The average molecular weight is 389 g/mol. The molecule has 1 aliphatic heterocycles. The third-order valence-electron chi connectivity index (χ3n) is 4.94. The van der Waals surface area contributed by atoms with Crippen molar-refractivity contribution in [3.63, 3.8) is 0 Å². The molecule has 0 fully saturated rings. The number of carbonyl (C=O) groups excluding carboxylic acids is 1. The van der Waals surface area contributed by atoms with Gasteiger partial charge in [-0.25, -0.2) is 0 Å². The van der Waals surface area contributed by atoms with Crippen LogP contribution < -0.4 is 9.47 Å². The largest absolute Gasteiger partial charge is 0.497 e. The van der Waals surface area contributed by atoms with Gasteiger partial charge in [0.05, 0.1) is 7.11 Å². The number of carbonyl (C=O) groups is 1. The van der Waals surface area contributed by atoms with Crippen molar-refractivity contribution in [1.82, 2.24) is 9.80 Å². The fraction of sp³-hybridized carbons (Fsp3) is 0.476. The Hall–Kier alpha value is -2.05. The molecular formula is C21H28N2O3S. The summed E-state index contributed by atoms with van der Waals surface area (Å²) in [6, 6.07) is 8.02. The first-order valence-corrected chi connectivity index (χ1v) is 10.3. The van der Waals surface area contributed by atoms with Gasteiger partial charge in [-0.15, -0.1) is 0 Å². The van der Waals surface area contributed by atoms with E-state index in [2.05, 4.69) is 23.3 Å². The highest BCUT2D eigenvalue weighted by Crippen LogP contribution is 2.29. The number of fused-ring (bicyclic) bond motifs is 1. The van der Waals surface area contributed by atoms with Crippen LogP contribution in [-0.4, -0.2) is 49.1 Å². The number of nitrogens with zero attached hydrogens (tertiary/aromatic N) is 2. The summed E-state index contributed by atoms with van der Waals surface area (Å²) in [6.45, 7) is 5.13. The summed E-state index contributed by atoms with van der Waals surface area (Å²) in [5.41, 5.74) is 2.30. The molecule has 2 aromatic rings. The summed E-state index contributed by atoms with van der Waals surface area (Å²) < 4.78 is 11.5. The van der Waals surface area contributed by atoms with Crippen molar-refractivity contribution in [1.29, 1.82) is 0 Å². The van der Waals surface area contributed by atoms with E-state index < -0.39 is 0 Å². The monoisotopic (exact) mass is 388 g/mol. The molecule has 1 unspecified atom stereocenters. The Morgan fingerprint density at radius 3 is 2.96 bits per heavy atom. The van der Waals surface area contributed by atoms with E-state index in [9.17, 15) is 4.79 Å². The summed E-state index contributed by atoms with van der Waals surface area (Å²) in [5, 5.41) is 4.13. The van der Waals surface area contributed by atoms with Crippen LogP contribution in [0, 0.1) is 0 Å². The van der Waals surface area contributed by atoms with E-state index in [1.54, 1.807) is 18.4 Å². The molecule has 0 saturated carbocycles. The molecule has 2 heterocycles. The maximum absolute atomic E-state index is 12.5. The van der Waals surface area contributed by atoms with Crippen molar-refractivity contribution in [2.45, 2.75) is 39.0 Å². The molecule has 5 nitrogen and oxygen atoms in total. The fourth-order valence-corrected chi connectivity index (χ4v) is 3.96. The average Bonchev–Trinajstić information content (AvgIpc) is 3.11. The van der Waals surface area contributed by atoms with Crippen LogP contribution in [0.3, 0.4) is 0 Å².